The minimum absolute atomic E-state index is 0.0797. The molecule has 0 aliphatic carbocycles. The van der Waals surface area contributed by atoms with Gasteiger partial charge >= 0.3 is 0 Å². The maximum Gasteiger partial charge on any atom is 0.266 e. The fraction of sp³-hybridized carbons (Fsp3) is 0.0833. The maximum absolute atomic E-state index is 12.6. The number of halogens is 4. The first-order chi connectivity index (χ1) is 15.3. The van der Waals surface area contributed by atoms with Gasteiger partial charge in [0, 0.05) is 27.2 Å². The SMILES string of the molecule is COc1cc(/C=C(\C#N)C(=O)Nc2ccc(Cl)c(Cl)c2)cc(Br)c1Cc1ccccc1Cl. The molecule has 0 bridgehead atoms. The van der Waals surface area contributed by atoms with Crippen molar-refractivity contribution in [2.24, 2.45) is 0 Å². The van der Waals surface area contributed by atoms with Crippen molar-refractivity contribution in [2.45, 2.75) is 6.42 Å². The zero-order chi connectivity index (χ0) is 23.3. The molecule has 3 rings (SSSR count). The van der Waals surface area contributed by atoms with Crippen molar-refractivity contribution >= 4 is 68.4 Å². The number of rotatable bonds is 6. The monoisotopic (exact) mass is 548 g/mol. The first-order valence-electron chi connectivity index (χ1n) is 9.30. The van der Waals surface area contributed by atoms with Gasteiger partial charge in [-0.1, -0.05) is 68.9 Å². The summed E-state index contributed by atoms with van der Waals surface area (Å²) in [6, 6.07) is 17.8. The van der Waals surface area contributed by atoms with Gasteiger partial charge in [0.1, 0.15) is 17.4 Å². The molecule has 0 spiro atoms. The Balaban J connectivity index is 1.89. The Morgan fingerprint density at radius 2 is 1.84 bits per heavy atom. The summed E-state index contributed by atoms with van der Waals surface area (Å²) < 4.78 is 6.33. The second-order valence-corrected chi connectivity index (χ2v) is 8.78. The van der Waals surface area contributed by atoms with E-state index in [9.17, 15) is 10.1 Å². The molecule has 0 heterocycles. The largest absolute Gasteiger partial charge is 0.496 e. The highest BCUT2D eigenvalue weighted by Gasteiger charge is 2.15. The Morgan fingerprint density at radius 3 is 2.50 bits per heavy atom. The van der Waals surface area contributed by atoms with E-state index >= 15 is 0 Å². The lowest BCUT2D eigenvalue weighted by atomic mass is 10.0. The molecular formula is C24H16BrCl3N2O2. The molecule has 3 aromatic rings. The third-order valence-electron chi connectivity index (χ3n) is 4.58. The van der Waals surface area contributed by atoms with Crippen LogP contribution in [0.2, 0.25) is 15.1 Å². The summed E-state index contributed by atoms with van der Waals surface area (Å²) in [5.74, 6) is 0.0360. The molecule has 32 heavy (non-hydrogen) atoms. The van der Waals surface area contributed by atoms with Crippen LogP contribution >= 0.6 is 50.7 Å². The third kappa shape index (κ3) is 5.85. The first-order valence-corrected chi connectivity index (χ1v) is 11.2. The minimum Gasteiger partial charge on any atom is -0.496 e. The number of anilines is 1. The number of hydrogen-bond donors (Lipinski definition) is 1. The van der Waals surface area contributed by atoms with Crippen LogP contribution in [0.3, 0.4) is 0 Å². The predicted molar refractivity (Wildman–Crippen MR) is 134 cm³/mol. The van der Waals surface area contributed by atoms with E-state index in [-0.39, 0.29) is 5.57 Å². The number of amides is 1. The summed E-state index contributed by atoms with van der Waals surface area (Å²) in [6.07, 6.45) is 2.04. The van der Waals surface area contributed by atoms with Crippen molar-refractivity contribution in [3.8, 4) is 11.8 Å². The molecule has 0 radical (unpaired) electrons. The number of carbonyl (C=O) groups excluding carboxylic acids is 1. The summed E-state index contributed by atoms with van der Waals surface area (Å²) in [4.78, 5) is 12.6. The minimum atomic E-state index is -0.568. The lowest BCUT2D eigenvalue weighted by Crippen LogP contribution is -2.13. The lowest BCUT2D eigenvalue weighted by molar-refractivity contribution is -0.112. The Hall–Kier alpha value is -2.49. The van der Waals surface area contributed by atoms with Gasteiger partial charge in [-0.05, 0) is 53.6 Å². The molecule has 0 fully saturated rings. The second kappa shape index (κ2) is 10.9. The summed E-state index contributed by atoms with van der Waals surface area (Å²) in [5.41, 5.74) is 2.83. The highest BCUT2D eigenvalue weighted by atomic mass is 79.9. The van der Waals surface area contributed by atoms with Crippen LogP contribution in [-0.2, 0) is 11.2 Å². The Bertz CT molecular complexity index is 1250. The zero-order valence-corrected chi connectivity index (χ0v) is 20.6. The van der Waals surface area contributed by atoms with E-state index < -0.39 is 5.91 Å². The quantitative estimate of drug-likeness (QED) is 0.255. The average Bonchev–Trinajstić information content (AvgIpc) is 2.77. The van der Waals surface area contributed by atoms with Crippen molar-refractivity contribution in [3.05, 3.63) is 96.4 Å². The molecule has 0 atom stereocenters. The molecular weight excluding hydrogens is 535 g/mol. The third-order valence-corrected chi connectivity index (χ3v) is 6.39. The maximum atomic E-state index is 12.6. The molecule has 0 saturated heterocycles. The highest BCUT2D eigenvalue weighted by Crippen LogP contribution is 2.33. The van der Waals surface area contributed by atoms with E-state index in [0.29, 0.717) is 38.5 Å². The number of benzene rings is 3. The number of hydrogen-bond acceptors (Lipinski definition) is 3. The fourth-order valence-electron chi connectivity index (χ4n) is 2.99. The Kier molecular flexibility index (Phi) is 8.22. The number of methoxy groups -OCH3 is 1. The van der Waals surface area contributed by atoms with E-state index in [4.69, 9.17) is 39.5 Å². The molecule has 0 unspecified atom stereocenters. The fourth-order valence-corrected chi connectivity index (χ4v) is 4.09. The van der Waals surface area contributed by atoms with E-state index in [1.165, 1.54) is 12.1 Å². The topological polar surface area (TPSA) is 62.1 Å². The van der Waals surface area contributed by atoms with Crippen molar-refractivity contribution in [1.82, 2.24) is 0 Å². The van der Waals surface area contributed by atoms with Gasteiger partial charge < -0.3 is 10.1 Å². The number of nitriles is 1. The number of ether oxygens (including phenoxy) is 1. The van der Waals surface area contributed by atoms with Gasteiger partial charge in [0.15, 0.2) is 0 Å². The van der Waals surface area contributed by atoms with Gasteiger partial charge in [-0.25, -0.2) is 0 Å². The Labute approximate surface area is 209 Å². The van der Waals surface area contributed by atoms with Gasteiger partial charge in [-0.2, -0.15) is 5.26 Å². The zero-order valence-electron chi connectivity index (χ0n) is 16.8. The normalized spacial score (nSPS) is 11.1. The van der Waals surface area contributed by atoms with Crippen LogP contribution in [0.4, 0.5) is 5.69 Å². The molecule has 0 aliphatic rings. The molecule has 0 saturated carbocycles. The van der Waals surface area contributed by atoms with Crippen molar-refractivity contribution in [3.63, 3.8) is 0 Å². The summed E-state index contributed by atoms with van der Waals surface area (Å²) in [6.45, 7) is 0. The van der Waals surface area contributed by atoms with Crippen LogP contribution in [0.5, 0.6) is 5.75 Å². The van der Waals surface area contributed by atoms with Crippen LogP contribution in [0.15, 0.2) is 64.6 Å². The predicted octanol–water partition coefficient (Wildman–Crippen LogP) is 7.55. The smallest absolute Gasteiger partial charge is 0.266 e. The molecule has 0 aromatic heterocycles. The molecule has 162 valence electrons. The molecule has 3 aromatic carbocycles. The summed E-state index contributed by atoms with van der Waals surface area (Å²) in [7, 11) is 1.56. The van der Waals surface area contributed by atoms with Gasteiger partial charge in [-0.15, -0.1) is 0 Å². The molecule has 8 heteroatoms. The van der Waals surface area contributed by atoms with Crippen LogP contribution in [0, 0.1) is 11.3 Å². The van der Waals surface area contributed by atoms with Gasteiger partial charge in [0.05, 0.1) is 17.2 Å². The number of nitrogens with zero attached hydrogens (tertiary/aromatic N) is 1. The average molecular weight is 551 g/mol. The van der Waals surface area contributed by atoms with E-state index in [1.807, 2.05) is 36.4 Å². The standard InChI is InChI=1S/C24H16BrCl3N2O2/c1-32-23-10-14(9-19(25)18(23)11-15-4-2-3-5-20(15)26)8-16(13-29)24(31)30-17-6-7-21(27)22(28)12-17/h2-10,12H,11H2,1H3,(H,30,31)/b16-8+. The van der Waals surface area contributed by atoms with Crippen LogP contribution in [0.25, 0.3) is 6.08 Å². The molecule has 0 aliphatic heterocycles. The van der Waals surface area contributed by atoms with Crippen LogP contribution in [0.1, 0.15) is 16.7 Å². The van der Waals surface area contributed by atoms with Crippen molar-refractivity contribution < 1.29 is 9.53 Å². The van der Waals surface area contributed by atoms with E-state index in [1.54, 1.807) is 25.3 Å². The van der Waals surface area contributed by atoms with Gasteiger partial charge in [0.25, 0.3) is 5.91 Å². The van der Waals surface area contributed by atoms with E-state index in [2.05, 4.69) is 21.2 Å². The Morgan fingerprint density at radius 1 is 1.09 bits per heavy atom. The van der Waals surface area contributed by atoms with Crippen LogP contribution in [-0.4, -0.2) is 13.0 Å². The van der Waals surface area contributed by atoms with Gasteiger partial charge in [-0.3, -0.25) is 4.79 Å². The first kappa shape index (κ1) is 24.2. The molecule has 1 amide bonds. The van der Waals surface area contributed by atoms with Crippen molar-refractivity contribution in [1.29, 1.82) is 5.26 Å². The summed E-state index contributed by atoms with van der Waals surface area (Å²) >= 11 is 21.8. The summed E-state index contributed by atoms with van der Waals surface area (Å²) in [5, 5.41) is 13.5. The lowest BCUT2D eigenvalue weighted by Gasteiger charge is -2.13. The van der Waals surface area contributed by atoms with E-state index in [0.717, 1.165) is 15.6 Å². The number of carbonyl (C=O) groups is 1. The highest BCUT2D eigenvalue weighted by molar-refractivity contribution is 9.10. The molecule has 4 nitrogen and oxygen atoms in total. The van der Waals surface area contributed by atoms with Gasteiger partial charge in [0.2, 0.25) is 0 Å². The van der Waals surface area contributed by atoms with Crippen LogP contribution < -0.4 is 10.1 Å². The van der Waals surface area contributed by atoms with Crippen molar-refractivity contribution in [2.75, 3.05) is 12.4 Å². The second-order valence-electron chi connectivity index (χ2n) is 6.70. The molecule has 1 N–H and O–H groups in total. The number of nitrogens with one attached hydrogen (secondary N) is 1.